The van der Waals surface area contributed by atoms with Crippen molar-refractivity contribution in [2.75, 3.05) is 13.1 Å². The van der Waals surface area contributed by atoms with Crippen LogP contribution in [0.5, 0.6) is 0 Å². The first-order chi connectivity index (χ1) is 12.5. The number of piperidine rings is 1. The van der Waals surface area contributed by atoms with Crippen LogP contribution in [0.15, 0.2) is 29.4 Å². The molecule has 26 heavy (non-hydrogen) atoms. The summed E-state index contributed by atoms with van der Waals surface area (Å²) in [4.78, 5) is 20.0. The Morgan fingerprint density at radius 2 is 1.73 bits per heavy atom. The van der Waals surface area contributed by atoms with E-state index >= 15 is 0 Å². The fraction of sp³-hybridized carbons (Fsp3) is 0.550. The first-order valence-electron chi connectivity index (χ1n) is 9.53. The smallest absolute Gasteiger partial charge is 0.264 e. The molecule has 1 aromatic heterocycles. The lowest BCUT2D eigenvalue weighted by Gasteiger charge is -2.37. The Morgan fingerprint density at radius 1 is 1.08 bits per heavy atom. The van der Waals surface area contributed by atoms with Gasteiger partial charge in [-0.15, -0.1) is 5.10 Å². The van der Waals surface area contributed by atoms with Gasteiger partial charge in [0.1, 0.15) is 11.1 Å². The van der Waals surface area contributed by atoms with Gasteiger partial charge in [-0.05, 0) is 49.9 Å². The Hall–Kier alpha value is -1.66. The van der Waals surface area contributed by atoms with Gasteiger partial charge >= 0.3 is 0 Å². The minimum absolute atomic E-state index is 0.0640. The third kappa shape index (κ3) is 3.21. The molecule has 138 valence electrons. The standard InChI is InChI=1S/C20H26N4OS/c1-13(2)15-7-9-16(10-8-15)17(23-11-5-4-6-12-23)18-19(25)24-20(26-18)21-14(3)22-24/h7-10,13,17-18H,4-6,11-12H2,1-3H3. The summed E-state index contributed by atoms with van der Waals surface area (Å²) < 4.78 is 1.50. The molecule has 1 aromatic carbocycles. The molecule has 1 saturated heterocycles. The number of likely N-dealkylation sites (tertiary alicyclic amines) is 1. The topological polar surface area (TPSA) is 51.0 Å². The fourth-order valence-corrected chi connectivity index (χ4v) is 5.25. The Balaban J connectivity index is 1.67. The van der Waals surface area contributed by atoms with Gasteiger partial charge in [-0.2, -0.15) is 4.68 Å². The maximum atomic E-state index is 13.1. The molecule has 5 nitrogen and oxygen atoms in total. The quantitative estimate of drug-likeness (QED) is 0.813. The van der Waals surface area contributed by atoms with Gasteiger partial charge in [-0.25, -0.2) is 4.98 Å². The summed E-state index contributed by atoms with van der Waals surface area (Å²) >= 11 is 1.57. The van der Waals surface area contributed by atoms with Crippen molar-refractivity contribution >= 4 is 17.7 Å². The molecule has 1 fully saturated rings. The van der Waals surface area contributed by atoms with Crippen molar-refractivity contribution in [2.24, 2.45) is 0 Å². The van der Waals surface area contributed by atoms with E-state index in [4.69, 9.17) is 0 Å². The number of fused-ring (bicyclic) bond motifs is 1. The maximum absolute atomic E-state index is 13.1. The minimum Gasteiger partial charge on any atom is -0.295 e. The highest BCUT2D eigenvalue weighted by Crippen LogP contribution is 2.41. The zero-order chi connectivity index (χ0) is 18.3. The normalized spacial score (nSPS) is 22.0. The van der Waals surface area contributed by atoms with Crippen LogP contribution in [0.3, 0.4) is 0 Å². The maximum Gasteiger partial charge on any atom is 0.264 e. The highest BCUT2D eigenvalue weighted by molar-refractivity contribution is 8.00. The van der Waals surface area contributed by atoms with Crippen molar-refractivity contribution in [3.63, 3.8) is 0 Å². The molecule has 0 bridgehead atoms. The van der Waals surface area contributed by atoms with E-state index in [0.717, 1.165) is 18.2 Å². The van der Waals surface area contributed by atoms with Crippen molar-refractivity contribution in [3.8, 4) is 0 Å². The molecular weight excluding hydrogens is 344 g/mol. The number of carbonyl (C=O) groups is 1. The average molecular weight is 371 g/mol. The van der Waals surface area contributed by atoms with E-state index in [1.165, 1.54) is 35.1 Å². The molecular formula is C20H26N4OS. The van der Waals surface area contributed by atoms with Crippen LogP contribution in [-0.2, 0) is 0 Å². The summed E-state index contributed by atoms with van der Waals surface area (Å²) in [7, 11) is 0. The van der Waals surface area contributed by atoms with Crippen LogP contribution in [-0.4, -0.2) is 43.9 Å². The highest BCUT2D eigenvalue weighted by Gasteiger charge is 2.43. The predicted molar refractivity (Wildman–Crippen MR) is 104 cm³/mol. The number of rotatable bonds is 4. The van der Waals surface area contributed by atoms with E-state index in [1.807, 2.05) is 6.92 Å². The number of carbonyl (C=O) groups excluding carboxylic acids is 1. The summed E-state index contributed by atoms with van der Waals surface area (Å²) in [5.41, 5.74) is 2.56. The lowest BCUT2D eigenvalue weighted by atomic mass is 9.95. The lowest BCUT2D eigenvalue weighted by Crippen LogP contribution is -2.41. The SMILES string of the molecule is Cc1nc2n(n1)C(=O)C(C(c1ccc(C(C)C)cc1)N1CCCCC1)S2. The Kier molecular flexibility index (Phi) is 4.88. The van der Waals surface area contributed by atoms with Crippen molar-refractivity contribution in [2.45, 2.75) is 62.4 Å². The number of hydrogen-bond acceptors (Lipinski definition) is 5. The van der Waals surface area contributed by atoms with Gasteiger partial charge in [0.2, 0.25) is 0 Å². The third-order valence-corrected chi connectivity index (χ3v) is 6.57. The fourth-order valence-electron chi connectivity index (χ4n) is 3.95. The Morgan fingerprint density at radius 3 is 2.35 bits per heavy atom. The first-order valence-corrected chi connectivity index (χ1v) is 10.4. The zero-order valence-corrected chi connectivity index (χ0v) is 16.5. The van der Waals surface area contributed by atoms with E-state index in [0.29, 0.717) is 11.7 Å². The van der Waals surface area contributed by atoms with Gasteiger partial charge in [-0.1, -0.05) is 56.3 Å². The largest absolute Gasteiger partial charge is 0.295 e. The van der Waals surface area contributed by atoms with Gasteiger partial charge in [0.15, 0.2) is 5.16 Å². The summed E-state index contributed by atoms with van der Waals surface area (Å²) in [6, 6.07) is 8.92. The second kappa shape index (κ2) is 7.16. The monoisotopic (exact) mass is 370 g/mol. The molecule has 2 atom stereocenters. The molecule has 0 spiro atoms. The van der Waals surface area contributed by atoms with Crippen molar-refractivity contribution in [1.29, 1.82) is 0 Å². The number of thioether (sulfide) groups is 1. The van der Waals surface area contributed by atoms with Gasteiger partial charge in [0.05, 0.1) is 6.04 Å². The van der Waals surface area contributed by atoms with Crippen LogP contribution in [0.4, 0.5) is 0 Å². The number of hydrogen-bond donors (Lipinski definition) is 0. The molecule has 0 amide bonds. The second-order valence-electron chi connectivity index (χ2n) is 7.59. The predicted octanol–water partition coefficient (Wildman–Crippen LogP) is 4.05. The van der Waals surface area contributed by atoms with E-state index in [9.17, 15) is 4.79 Å². The second-order valence-corrected chi connectivity index (χ2v) is 8.70. The van der Waals surface area contributed by atoms with Crippen molar-refractivity contribution < 1.29 is 4.79 Å². The van der Waals surface area contributed by atoms with Crippen LogP contribution in [0.2, 0.25) is 0 Å². The number of aromatic nitrogens is 3. The number of nitrogens with zero attached hydrogens (tertiary/aromatic N) is 4. The minimum atomic E-state index is -0.173. The summed E-state index contributed by atoms with van der Waals surface area (Å²) in [6.07, 6.45) is 3.69. The average Bonchev–Trinajstić information content (AvgIpc) is 3.14. The number of benzene rings is 1. The van der Waals surface area contributed by atoms with E-state index in [2.05, 4.69) is 53.1 Å². The zero-order valence-electron chi connectivity index (χ0n) is 15.7. The van der Waals surface area contributed by atoms with Crippen LogP contribution in [0, 0.1) is 6.92 Å². The van der Waals surface area contributed by atoms with Crippen LogP contribution >= 0.6 is 11.8 Å². The van der Waals surface area contributed by atoms with Crippen LogP contribution in [0.1, 0.15) is 66.8 Å². The molecule has 0 aliphatic carbocycles. The van der Waals surface area contributed by atoms with Crippen molar-refractivity contribution in [3.05, 3.63) is 41.2 Å². The van der Waals surface area contributed by atoms with E-state index < -0.39 is 0 Å². The van der Waals surface area contributed by atoms with Gasteiger partial charge in [0, 0.05) is 0 Å². The highest BCUT2D eigenvalue weighted by atomic mass is 32.2. The number of aryl methyl sites for hydroxylation is 1. The molecule has 2 unspecified atom stereocenters. The lowest BCUT2D eigenvalue weighted by molar-refractivity contribution is 0.0818. The van der Waals surface area contributed by atoms with Gasteiger partial charge < -0.3 is 0 Å². The molecule has 3 heterocycles. The molecule has 6 heteroatoms. The van der Waals surface area contributed by atoms with E-state index in [1.54, 1.807) is 11.8 Å². The van der Waals surface area contributed by atoms with Gasteiger partial charge in [-0.3, -0.25) is 9.69 Å². The van der Waals surface area contributed by atoms with Crippen molar-refractivity contribution in [1.82, 2.24) is 19.7 Å². The molecule has 0 saturated carbocycles. The molecule has 0 N–H and O–H groups in total. The Labute approximate surface area is 159 Å². The summed E-state index contributed by atoms with van der Waals surface area (Å²) in [5, 5.41) is 4.86. The summed E-state index contributed by atoms with van der Waals surface area (Å²) in [5.74, 6) is 1.24. The first kappa shape index (κ1) is 17.7. The summed E-state index contributed by atoms with van der Waals surface area (Å²) in [6.45, 7) is 8.35. The molecule has 0 radical (unpaired) electrons. The molecule has 2 aliphatic heterocycles. The third-order valence-electron chi connectivity index (χ3n) is 5.38. The van der Waals surface area contributed by atoms with Crippen LogP contribution < -0.4 is 0 Å². The van der Waals surface area contributed by atoms with Gasteiger partial charge in [0.25, 0.3) is 5.91 Å². The van der Waals surface area contributed by atoms with E-state index in [-0.39, 0.29) is 17.2 Å². The molecule has 4 rings (SSSR count). The molecule has 2 aliphatic rings. The Bertz CT molecular complexity index is 793. The molecule has 2 aromatic rings. The van der Waals surface area contributed by atoms with Crippen LogP contribution in [0.25, 0.3) is 0 Å².